The van der Waals surface area contributed by atoms with Gasteiger partial charge in [-0.1, -0.05) is 16.5 Å². The number of nitrogens with zero attached hydrogens (tertiary/aromatic N) is 3. The van der Waals surface area contributed by atoms with Crippen LogP contribution in [-0.4, -0.2) is 64.4 Å². The van der Waals surface area contributed by atoms with E-state index in [1.807, 2.05) is 0 Å². The van der Waals surface area contributed by atoms with Crippen LogP contribution >= 0.6 is 11.3 Å². The molecule has 0 spiro atoms. The summed E-state index contributed by atoms with van der Waals surface area (Å²) in [5, 5.41) is 14.5. The van der Waals surface area contributed by atoms with Gasteiger partial charge >= 0.3 is 18.3 Å². The summed E-state index contributed by atoms with van der Waals surface area (Å²) in [6.45, 7) is 0. The number of alkyl halides is 3. The molecule has 46 heavy (non-hydrogen) atoms. The summed E-state index contributed by atoms with van der Waals surface area (Å²) in [7, 11) is 1.78. The highest BCUT2D eigenvalue weighted by Crippen LogP contribution is 2.56. The van der Waals surface area contributed by atoms with Crippen molar-refractivity contribution in [3.8, 4) is 5.75 Å². The minimum Gasteiger partial charge on any atom is -0.478 e. The number of methoxy groups -OCH3 is 1. The van der Waals surface area contributed by atoms with Crippen molar-refractivity contribution in [2.45, 2.75) is 119 Å². The highest BCUT2D eigenvalue weighted by atomic mass is 32.1. The number of hydrogen-bond acceptors (Lipinski definition) is 10. The van der Waals surface area contributed by atoms with Crippen molar-refractivity contribution < 1.29 is 46.6 Å². The zero-order chi connectivity index (χ0) is 32.0. The molecule has 246 valence electrons. The molecule has 2 aliphatic heterocycles. The van der Waals surface area contributed by atoms with Crippen LogP contribution in [-0.2, 0) is 14.9 Å². The van der Waals surface area contributed by atoms with E-state index >= 15 is 0 Å². The third kappa shape index (κ3) is 5.02. The van der Waals surface area contributed by atoms with Gasteiger partial charge in [-0.05, 0) is 76.3 Å². The summed E-state index contributed by atoms with van der Waals surface area (Å²) in [4.78, 5) is 32.2. The van der Waals surface area contributed by atoms with Gasteiger partial charge in [0, 0.05) is 43.4 Å². The Balaban J connectivity index is 1.03. The minimum atomic E-state index is -5.00. The predicted molar refractivity (Wildman–Crippen MR) is 159 cm³/mol. The first-order valence-electron chi connectivity index (χ1n) is 15.9. The van der Waals surface area contributed by atoms with Crippen LogP contribution < -0.4 is 9.64 Å². The van der Waals surface area contributed by atoms with Gasteiger partial charge in [0.2, 0.25) is 0 Å². The van der Waals surface area contributed by atoms with Crippen molar-refractivity contribution in [3.05, 3.63) is 34.7 Å². The number of aromatic carboxylic acids is 1. The summed E-state index contributed by atoms with van der Waals surface area (Å²) in [6, 6.07) is 2.10. The van der Waals surface area contributed by atoms with E-state index in [4.69, 9.17) is 14.0 Å². The molecule has 3 aromatic rings. The SMILES string of the molecule is COC12CCC(c3noc(C4CC4)c3C(=O)O[C@@H]3C[C@H]4CC[C@@H](C3)N4c3nc4c(OC(F)(F)F)cc(C(=O)O)cc4s3)(CC1)CC2. The number of piperidine rings is 1. The lowest BCUT2D eigenvalue weighted by Crippen LogP contribution is -2.50. The molecule has 6 aliphatic rings. The topological polar surface area (TPSA) is 124 Å². The lowest BCUT2D eigenvalue weighted by Gasteiger charge is -2.52. The van der Waals surface area contributed by atoms with Crippen LogP contribution in [0.4, 0.5) is 18.3 Å². The maximum Gasteiger partial charge on any atom is 0.573 e. The van der Waals surface area contributed by atoms with Gasteiger partial charge in [-0.25, -0.2) is 14.6 Å². The average molecular weight is 662 g/mol. The van der Waals surface area contributed by atoms with Crippen molar-refractivity contribution >= 4 is 38.6 Å². The maximum absolute atomic E-state index is 14.0. The molecule has 4 bridgehead atoms. The van der Waals surface area contributed by atoms with Gasteiger partial charge in [0.15, 0.2) is 16.6 Å². The van der Waals surface area contributed by atoms with Crippen molar-refractivity contribution in [3.63, 3.8) is 0 Å². The fourth-order valence-corrected chi connectivity index (χ4v) is 9.63. The normalized spacial score (nSPS) is 30.6. The first-order chi connectivity index (χ1) is 22.0. The van der Waals surface area contributed by atoms with Gasteiger partial charge in [-0.15, -0.1) is 13.2 Å². The number of hydrogen-bond donors (Lipinski definition) is 1. The molecule has 1 N–H and O–H groups in total. The number of rotatable bonds is 8. The van der Waals surface area contributed by atoms with Crippen LogP contribution in [0.2, 0.25) is 0 Å². The Morgan fingerprint density at radius 3 is 2.30 bits per heavy atom. The van der Waals surface area contributed by atoms with Crippen molar-refractivity contribution in [1.29, 1.82) is 0 Å². The molecule has 4 saturated carbocycles. The van der Waals surface area contributed by atoms with Gasteiger partial charge in [0.25, 0.3) is 0 Å². The standard InChI is InChI=1S/C32H34F3N3O7S/c1-42-31-9-6-30(7-10-31,8-11-31)26-23(25(45-37-26)16-2-3-16)28(41)43-20-14-18-4-5-19(15-20)38(18)29-36-24-21(44-32(33,34)35)12-17(27(39)40)13-22(24)46-29/h12-13,16,18-20H,2-11,14-15H2,1H3,(H,39,40)/t18-,19+,20-,30?,31?. The monoisotopic (exact) mass is 661 g/mol. The number of carbonyl (C=O) groups excluding carboxylic acids is 1. The average Bonchev–Trinajstić information content (AvgIpc) is 3.50. The molecular weight excluding hydrogens is 627 g/mol. The van der Waals surface area contributed by atoms with Gasteiger partial charge < -0.3 is 28.7 Å². The van der Waals surface area contributed by atoms with Crippen molar-refractivity contribution in [2.24, 2.45) is 0 Å². The molecule has 9 rings (SSSR count). The fraction of sp³-hybridized carbons (Fsp3) is 0.625. The number of benzene rings is 1. The third-order valence-corrected chi connectivity index (χ3v) is 12.1. The van der Waals surface area contributed by atoms with Crippen LogP contribution in [0, 0.1) is 0 Å². The molecule has 2 aromatic heterocycles. The number of esters is 1. The molecule has 3 atom stereocenters. The number of ether oxygens (including phenoxy) is 3. The lowest BCUT2D eigenvalue weighted by atomic mass is 9.57. The smallest absolute Gasteiger partial charge is 0.478 e. The molecule has 10 nitrogen and oxygen atoms in total. The van der Waals surface area contributed by atoms with E-state index in [9.17, 15) is 27.9 Å². The van der Waals surface area contributed by atoms with E-state index in [-0.39, 0.29) is 52.2 Å². The molecule has 6 fully saturated rings. The van der Waals surface area contributed by atoms with Crippen molar-refractivity contribution in [1.82, 2.24) is 10.1 Å². The number of anilines is 1. The van der Waals surface area contributed by atoms with E-state index < -0.39 is 18.1 Å². The van der Waals surface area contributed by atoms with Crippen molar-refractivity contribution in [2.75, 3.05) is 12.0 Å². The molecule has 0 unspecified atom stereocenters. The molecule has 1 aromatic carbocycles. The highest BCUT2D eigenvalue weighted by Gasteiger charge is 2.54. The molecule has 0 radical (unpaired) electrons. The van der Waals surface area contributed by atoms with Crippen LogP contribution in [0.25, 0.3) is 10.2 Å². The Kier molecular flexibility index (Phi) is 6.88. The van der Waals surface area contributed by atoms with Crippen LogP contribution in [0.15, 0.2) is 16.7 Å². The van der Waals surface area contributed by atoms with Gasteiger partial charge in [-0.2, -0.15) is 0 Å². The number of thiazole rings is 1. The Bertz CT molecular complexity index is 1680. The minimum absolute atomic E-state index is 0.0320. The largest absolute Gasteiger partial charge is 0.573 e. The Morgan fingerprint density at radius 1 is 1.04 bits per heavy atom. The van der Waals surface area contributed by atoms with Gasteiger partial charge in [0.05, 0.1) is 15.9 Å². The molecule has 2 saturated heterocycles. The predicted octanol–water partition coefficient (Wildman–Crippen LogP) is 7.11. The number of carboxylic acid groups (broad SMARTS) is 1. The number of fused-ring (bicyclic) bond motifs is 6. The first kappa shape index (κ1) is 30.0. The summed E-state index contributed by atoms with van der Waals surface area (Å²) in [5.41, 5.74) is 0.630. The van der Waals surface area contributed by atoms with E-state index in [0.717, 1.165) is 87.3 Å². The second kappa shape index (κ2) is 10.6. The highest BCUT2D eigenvalue weighted by molar-refractivity contribution is 7.22. The Morgan fingerprint density at radius 2 is 1.72 bits per heavy atom. The van der Waals surface area contributed by atoms with E-state index in [0.29, 0.717) is 34.0 Å². The molecule has 14 heteroatoms. The molecule has 4 aliphatic carbocycles. The van der Waals surface area contributed by atoms with Crippen LogP contribution in [0.3, 0.4) is 0 Å². The summed E-state index contributed by atoms with van der Waals surface area (Å²) < 4.78 is 62.0. The Hall–Kier alpha value is -3.39. The van der Waals surface area contributed by atoms with Crippen LogP contribution in [0.5, 0.6) is 5.75 Å². The van der Waals surface area contributed by atoms with Gasteiger partial charge in [-0.3, -0.25) is 0 Å². The zero-order valence-electron chi connectivity index (χ0n) is 25.2. The van der Waals surface area contributed by atoms with E-state index in [1.54, 1.807) is 7.11 Å². The zero-order valence-corrected chi connectivity index (χ0v) is 26.0. The quantitative estimate of drug-likeness (QED) is 0.250. The van der Waals surface area contributed by atoms with Crippen LogP contribution in [0.1, 0.15) is 115 Å². The molecule has 0 amide bonds. The lowest BCUT2D eigenvalue weighted by molar-refractivity contribution is -0.274. The second-order valence-electron chi connectivity index (χ2n) is 13.7. The second-order valence-corrected chi connectivity index (χ2v) is 14.7. The van der Waals surface area contributed by atoms with E-state index in [2.05, 4.69) is 19.8 Å². The third-order valence-electron chi connectivity index (χ3n) is 11.1. The maximum atomic E-state index is 14.0. The summed E-state index contributed by atoms with van der Waals surface area (Å²) >= 11 is 1.14. The summed E-state index contributed by atoms with van der Waals surface area (Å²) in [5.74, 6) is -1.54. The molecule has 4 heterocycles. The van der Waals surface area contributed by atoms with E-state index in [1.165, 1.54) is 6.07 Å². The molecular formula is C32H34F3N3O7S. The number of halogens is 3. The fourth-order valence-electron chi connectivity index (χ4n) is 8.47. The number of carboxylic acids is 1. The van der Waals surface area contributed by atoms with Gasteiger partial charge in [0.1, 0.15) is 22.9 Å². The first-order valence-corrected chi connectivity index (χ1v) is 16.8. The Labute approximate surface area is 266 Å². The summed E-state index contributed by atoms with van der Waals surface area (Å²) in [6.07, 6.45) is 4.78. The number of carbonyl (C=O) groups is 2. The number of aromatic nitrogens is 2.